The molecule has 2 aromatic rings. The van der Waals surface area contributed by atoms with Crippen LogP contribution in [0.4, 0.5) is 0 Å². The average Bonchev–Trinajstić information content (AvgIpc) is 3.01. The van der Waals surface area contributed by atoms with Crippen molar-refractivity contribution < 1.29 is 23.8 Å². The fraction of sp³-hybridized carbons (Fsp3) is 0.333. The number of alkyl halides is 1. The molecule has 0 bridgehead atoms. The molecular weight excluding hydrogens is 368 g/mol. The minimum Gasteiger partial charge on any atom is -0.465 e. The summed E-state index contributed by atoms with van der Waals surface area (Å²) in [4.78, 5) is 24.7. The molecule has 1 aliphatic heterocycles. The molecule has 1 unspecified atom stereocenters. The normalized spacial score (nSPS) is 21.7. The number of methoxy groups -OCH3 is 1. The zero-order valence-corrected chi connectivity index (χ0v) is 16.2. The lowest BCUT2D eigenvalue weighted by Gasteiger charge is -2.21. The molecule has 5 nitrogen and oxygen atoms in total. The number of rotatable bonds is 4. The van der Waals surface area contributed by atoms with Crippen molar-refractivity contribution in [1.82, 2.24) is 0 Å². The summed E-state index contributed by atoms with van der Waals surface area (Å²) in [5.41, 5.74) is 2.81. The Balaban J connectivity index is 1.88. The molecule has 1 heterocycles. The molecule has 0 radical (unpaired) electrons. The summed E-state index contributed by atoms with van der Waals surface area (Å²) in [6.07, 6.45) is -0.916. The maximum atomic E-state index is 12.5. The Morgan fingerprint density at radius 2 is 1.70 bits per heavy atom. The number of aryl methyl sites for hydroxylation is 2. The van der Waals surface area contributed by atoms with Gasteiger partial charge in [0.2, 0.25) is 0 Å². The molecule has 6 heteroatoms. The highest BCUT2D eigenvalue weighted by Crippen LogP contribution is 2.39. The molecule has 1 saturated heterocycles. The predicted octanol–water partition coefficient (Wildman–Crippen LogP) is 4.34. The second-order valence-corrected chi connectivity index (χ2v) is 7.08. The first-order valence-electron chi connectivity index (χ1n) is 8.65. The summed E-state index contributed by atoms with van der Waals surface area (Å²) in [7, 11) is 1.32. The number of carbonyl (C=O) groups is 2. The molecule has 1 fully saturated rings. The van der Waals surface area contributed by atoms with Gasteiger partial charge >= 0.3 is 11.9 Å². The summed E-state index contributed by atoms with van der Waals surface area (Å²) in [5, 5.41) is 0. The SMILES string of the molecule is COC(=O)c1ccc(C)cc1[C@H]1OC(Cl)C[C@@H]1OC(=O)c1ccc(C)cc1. The topological polar surface area (TPSA) is 61.8 Å². The summed E-state index contributed by atoms with van der Waals surface area (Å²) in [6, 6.07) is 12.5. The molecule has 0 saturated carbocycles. The number of halogens is 1. The summed E-state index contributed by atoms with van der Waals surface area (Å²) in [6.45, 7) is 3.85. The molecule has 0 N–H and O–H groups in total. The van der Waals surface area contributed by atoms with Crippen molar-refractivity contribution in [2.24, 2.45) is 0 Å². The highest BCUT2D eigenvalue weighted by atomic mass is 35.5. The summed E-state index contributed by atoms with van der Waals surface area (Å²) in [5.74, 6) is -0.929. The van der Waals surface area contributed by atoms with Crippen molar-refractivity contribution in [3.63, 3.8) is 0 Å². The number of carbonyl (C=O) groups excluding carboxylic acids is 2. The van der Waals surface area contributed by atoms with E-state index in [1.165, 1.54) is 7.11 Å². The molecular formula is C21H21ClO5. The van der Waals surface area contributed by atoms with Crippen molar-refractivity contribution in [3.8, 4) is 0 Å². The van der Waals surface area contributed by atoms with Crippen LogP contribution < -0.4 is 0 Å². The van der Waals surface area contributed by atoms with Crippen LogP contribution in [0.2, 0.25) is 0 Å². The average molecular weight is 389 g/mol. The van der Waals surface area contributed by atoms with Crippen LogP contribution in [0, 0.1) is 13.8 Å². The Labute approximate surface area is 163 Å². The lowest BCUT2D eigenvalue weighted by molar-refractivity contribution is -0.00374. The third kappa shape index (κ3) is 4.31. The fourth-order valence-electron chi connectivity index (χ4n) is 3.10. The van der Waals surface area contributed by atoms with Gasteiger partial charge in [0, 0.05) is 6.42 Å². The van der Waals surface area contributed by atoms with Crippen LogP contribution in [0.5, 0.6) is 0 Å². The van der Waals surface area contributed by atoms with E-state index in [4.69, 9.17) is 25.8 Å². The second kappa shape index (κ2) is 8.11. The lowest BCUT2D eigenvalue weighted by Crippen LogP contribution is -2.23. The van der Waals surface area contributed by atoms with Crippen LogP contribution in [-0.4, -0.2) is 30.7 Å². The molecule has 3 atom stereocenters. The summed E-state index contributed by atoms with van der Waals surface area (Å²) >= 11 is 6.18. The van der Waals surface area contributed by atoms with Gasteiger partial charge in [0.25, 0.3) is 0 Å². The van der Waals surface area contributed by atoms with E-state index in [1.807, 2.05) is 38.1 Å². The van der Waals surface area contributed by atoms with Gasteiger partial charge in [-0.15, -0.1) is 0 Å². The van der Waals surface area contributed by atoms with Crippen LogP contribution >= 0.6 is 11.6 Å². The minimum absolute atomic E-state index is 0.332. The Kier molecular flexibility index (Phi) is 5.82. The minimum atomic E-state index is -0.643. The van der Waals surface area contributed by atoms with Gasteiger partial charge in [0.15, 0.2) is 0 Å². The standard InChI is InChI=1S/C21H21ClO5/c1-12-4-7-14(8-5-12)20(23)26-17-11-18(22)27-19(17)16-10-13(2)6-9-15(16)21(24)25-3/h4-10,17-19H,11H2,1-3H3/t17-,18?,19+/m0/s1. The van der Waals surface area contributed by atoms with Crippen molar-refractivity contribution >= 4 is 23.5 Å². The van der Waals surface area contributed by atoms with Crippen molar-refractivity contribution in [1.29, 1.82) is 0 Å². The molecule has 0 aromatic heterocycles. The predicted molar refractivity (Wildman–Crippen MR) is 101 cm³/mol. The largest absolute Gasteiger partial charge is 0.465 e. The number of ether oxygens (including phenoxy) is 3. The van der Waals surface area contributed by atoms with Gasteiger partial charge in [-0.25, -0.2) is 9.59 Å². The van der Waals surface area contributed by atoms with Gasteiger partial charge in [0.1, 0.15) is 17.8 Å². The number of benzene rings is 2. The maximum Gasteiger partial charge on any atom is 0.338 e. The highest BCUT2D eigenvalue weighted by molar-refractivity contribution is 6.19. The van der Waals surface area contributed by atoms with E-state index in [-0.39, 0.29) is 0 Å². The Morgan fingerprint density at radius 3 is 2.37 bits per heavy atom. The van der Waals surface area contributed by atoms with E-state index in [2.05, 4.69) is 0 Å². The molecule has 27 heavy (non-hydrogen) atoms. The van der Waals surface area contributed by atoms with Gasteiger partial charge in [-0.2, -0.15) is 0 Å². The monoisotopic (exact) mass is 388 g/mol. The Hall–Kier alpha value is -2.37. The van der Waals surface area contributed by atoms with E-state index in [0.29, 0.717) is 23.1 Å². The number of hydrogen-bond donors (Lipinski definition) is 0. The lowest BCUT2D eigenvalue weighted by atomic mass is 9.96. The molecule has 142 valence electrons. The second-order valence-electron chi connectivity index (χ2n) is 6.59. The fourth-order valence-corrected chi connectivity index (χ4v) is 3.39. The molecule has 0 spiro atoms. The van der Waals surface area contributed by atoms with Crippen molar-refractivity contribution in [2.45, 2.75) is 38.0 Å². The molecule has 3 rings (SSSR count). The van der Waals surface area contributed by atoms with Crippen LogP contribution in [0.1, 0.15) is 49.9 Å². The van der Waals surface area contributed by atoms with Gasteiger partial charge in [-0.3, -0.25) is 0 Å². The smallest absolute Gasteiger partial charge is 0.338 e. The number of esters is 2. The Bertz CT molecular complexity index is 846. The quantitative estimate of drug-likeness (QED) is 0.575. The van der Waals surface area contributed by atoms with E-state index in [0.717, 1.165) is 11.1 Å². The Morgan fingerprint density at radius 1 is 1.04 bits per heavy atom. The van der Waals surface area contributed by atoms with E-state index in [1.54, 1.807) is 18.2 Å². The third-order valence-electron chi connectivity index (χ3n) is 4.51. The third-order valence-corrected chi connectivity index (χ3v) is 4.80. The first kappa shape index (κ1) is 19.4. The van der Waals surface area contributed by atoms with Crippen LogP contribution in [0.3, 0.4) is 0 Å². The maximum absolute atomic E-state index is 12.5. The molecule has 2 aromatic carbocycles. The zero-order valence-electron chi connectivity index (χ0n) is 15.4. The molecule has 0 amide bonds. The van der Waals surface area contributed by atoms with E-state index < -0.39 is 29.7 Å². The van der Waals surface area contributed by atoms with E-state index in [9.17, 15) is 9.59 Å². The van der Waals surface area contributed by atoms with Crippen LogP contribution in [-0.2, 0) is 14.2 Å². The van der Waals surface area contributed by atoms with E-state index >= 15 is 0 Å². The van der Waals surface area contributed by atoms with Gasteiger partial charge < -0.3 is 14.2 Å². The summed E-state index contributed by atoms with van der Waals surface area (Å²) < 4.78 is 16.3. The van der Waals surface area contributed by atoms with Gasteiger partial charge in [0.05, 0.1) is 18.2 Å². The van der Waals surface area contributed by atoms with Gasteiger partial charge in [-0.05, 0) is 37.6 Å². The van der Waals surface area contributed by atoms with Crippen LogP contribution in [0.25, 0.3) is 0 Å². The van der Waals surface area contributed by atoms with Crippen LogP contribution in [0.15, 0.2) is 42.5 Å². The first-order valence-corrected chi connectivity index (χ1v) is 9.08. The highest BCUT2D eigenvalue weighted by Gasteiger charge is 2.40. The van der Waals surface area contributed by atoms with Crippen molar-refractivity contribution in [2.75, 3.05) is 7.11 Å². The zero-order chi connectivity index (χ0) is 19.6. The van der Waals surface area contributed by atoms with Gasteiger partial charge in [-0.1, -0.05) is 47.0 Å². The first-order chi connectivity index (χ1) is 12.9. The number of hydrogen-bond acceptors (Lipinski definition) is 5. The molecule has 0 aliphatic carbocycles. The van der Waals surface area contributed by atoms with Crippen molar-refractivity contribution in [3.05, 3.63) is 70.3 Å². The molecule has 1 aliphatic rings.